The topological polar surface area (TPSA) is 3.24 Å². The van der Waals surface area contributed by atoms with E-state index >= 15 is 0 Å². The van der Waals surface area contributed by atoms with Gasteiger partial charge in [0, 0.05) is 24.5 Å². The number of alkyl halides is 1. The lowest BCUT2D eigenvalue weighted by Crippen LogP contribution is -2.42. The van der Waals surface area contributed by atoms with E-state index in [2.05, 4.69) is 49.9 Å². The molecule has 2 heteroatoms. The Morgan fingerprint density at radius 1 is 1.15 bits per heavy atom. The Hall–Kier alpha value is -0.890. The van der Waals surface area contributed by atoms with E-state index in [1.807, 2.05) is 0 Å². The van der Waals surface area contributed by atoms with Crippen LogP contribution < -0.4 is 0 Å². The van der Waals surface area contributed by atoms with Gasteiger partial charge in [-0.05, 0) is 57.6 Å². The molecular formula is C18H26FN. The molecule has 0 bridgehead atoms. The van der Waals surface area contributed by atoms with Gasteiger partial charge in [0.25, 0.3) is 0 Å². The third-order valence-electron chi connectivity index (χ3n) is 4.73. The summed E-state index contributed by atoms with van der Waals surface area (Å²) in [5.41, 5.74) is 1.76. The molecule has 1 aromatic carbocycles. The summed E-state index contributed by atoms with van der Waals surface area (Å²) in [6, 6.07) is 8.93. The number of halogens is 1. The van der Waals surface area contributed by atoms with Crippen molar-refractivity contribution in [2.75, 3.05) is 6.54 Å². The molecule has 2 fully saturated rings. The summed E-state index contributed by atoms with van der Waals surface area (Å²) in [7, 11) is 0. The molecule has 0 N–H and O–H groups in total. The highest BCUT2D eigenvalue weighted by atomic mass is 19.1. The minimum absolute atomic E-state index is 0.00514. The lowest BCUT2D eigenvalue weighted by atomic mass is 9.92. The molecule has 0 spiro atoms. The van der Waals surface area contributed by atoms with Gasteiger partial charge in [-0.3, -0.25) is 4.90 Å². The smallest absolute Gasteiger partial charge is 0.122 e. The van der Waals surface area contributed by atoms with Crippen molar-refractivity contribution in [2.24, 2.45) is 0 Å². The first-order valence-corrected chi connectivity index (χ1v) is 7.82. The largest absolute Gasteiger partial charge is 0.288 e. The zero-order chi connectivity index (χ0) is 14.5. The third kappa shape index (κ3) is 2.63. The van der Waals surface area contributed by atoms with E-state index in [0.29, 0.717) is 13.0 Å². The highest BCUT2D eigenvalue weighted by Gasteiger charge is 2.46. The molecule has 1 aliphatic heterocycles. The van der Waals surface area contributed by atoms with Gasteiger partial charge in [-0.25, -0.2) is 4.39 Å². The normalized spacial score (nSPS) is 31.8. The summed E-state index contributed by atoms with van der Waals surface area (Å²) in [6.07, 6.45) is 3.21. The van der Waals surface area contributed by atoms with Crippen LogP contribution in [0.1, 0.15) is 70.0 Å². The van der Waals surface area contributed by atoms with Crippen LogP contribution in [0.3, 0.4) is 0 Å². The number of benzene rings is 1. The molecule has 1 nitrogen and oxygen atoms in total. The predicted octanol–water partition coefficient (Wildman–Crippen LogP) is 4.84. The van der Waals surface area contributed by atoms with Crippen LogP contribution in [-0.4, -0.2) is 22.7 Å². The summed E-state index contributed by atoms with van der Waals surface area (Å²) < 4.78 is 14.6. The van der Waals surface area contributed by atoms with Gasteiger partial charge in [-0.1, -0.05) is 24.3 Å². The molecule has 1 heterocycles. The summed E-state index contributed by atoms with van der Waals surface area (Å²) in [5, 5.41) is 0. The Morgan fingerprint density at radius 3 is 2.30 bits per heavy atom. The molecule has 1 aliphatic carbocycles. The number of likely N-dealkylation sites (tertiary alicyclic amines) is 1. The molecule has 3 rings (SSSR count). The van der Waals surface area contributed by atoms with Crippen LogP contribution in [0.15, 0.2) is 24.3 Å². The first-order valence-electron chi connectivity index (χ1n) is 7.82. The van der Waals surface area contributed by atoms with Crippen molar-refractivity contribution in [1.29, 1.82) is 0 Å². The van der Waals surface area contributed by atoms with Crippen molar-refractivity contribution >= 4 is 0 Å². The Morgan fingerprint density at radius 2 is 1.75 bits per heavy atom. The van der Waals surface area contributed by atoms with Crippen molar-refractivity contribution in [2.45, 2.75) is 70.1 Å². The minimum atomic E-state index is -1.07. The van der Waals surface area contributed by atoms with Crippen LogP contribution in [-0.2, 0) is 0 Å². The Labute approximate surface area is 122 Å². The van der Waals surface area contributed by atoms with Gasteiger partial charge in [0.2, 0.25) is 0 Å². The van der Waals surface area contributed by atoms with E-state index in [1.54, 1.807) is 6.92 Å². The van der Waals surface area contributed by atoms with E-state index in [0.717, 1.165) is 5.92 Å². The quantitative estimate of drug-likeness (QED) is 0.746. The van der Waals surface area contributed by atoms with E-state index in [4.69, 9.17) is 0 Å². The van der Waals surface area contributed by atoms with E-state index in [-0.39, 0.29) is 11.6 Å². The number of hydrogen-bond donors (Lipinski definition) is 0. The predicted molar refractivity (Wildman–Crippen MR) is 81.7 cm³/mol. The van der Waals surface area contributed by atoms with Crippen LogP contribution in [0.2, 0.25) is 0 Å². The second-order valence-electron chi connectivity index (χ2n) is 7.84. The monoisotopic (exact) mass is 275 g/mol. The van der Waals surface area contributed by atoms with Crippen molar-refractivity contribution in [3.05, 3.63) is 35.4 Å². The van der Waals surface area contributed by atoms with Gasteiger partial charge in [0.05, 0.1) is 0 Å². The van der Waals surface area contributed by atoms with Gasteiger partial charge < -0.3 is 0 Å². The molecule has 1 saturated heterocycles. The van der Waals surface area contributed by atoms with E-state index < -0.39 is 5.67 Å². The molecule has 20 heavy (non-hydrogen) atoms. The van der Waals surface area contributed by atoms with Crippen molar-refractivity contribution < 1.29 is 4.39 Å². The SMILES string of the molecule is CC1(F)CC(c2ccccc2C2CC2)N(C(C)(C)C)C1. The van der Waals surface area contributed by atoms with Crippen LogP contribution in [0, 0.1) is 0 Å². The highest BCUT2D eigenvalue weighted by Crippen LogP contribution is 2.49. The van der Waals surface area contributed by atoms with Crippen LogP contribution in [0.5, 0.6) is 0 Å². The van der Waals surface area contributed by atoms with Crippen molar-refractivity contribution in [3.8, 4) is 0 Å². The van der Waals surface area contributed by atoms with Gasteiger partial charge in [0.1, 0.15) is 5.67 Å². The summed E-state index contributed by atoms with van der Waals surface area (Å²) >= 11 is 0. The fourth-order valence-corrected chi connectivity index (χ4v) is 3.61. The second kappa shape index (κ2) is 4.56. The molecule has 2 aliphatic rings. The van der Waals surface area contributed by atoms with Gasteiger partial charge in [-0.2, -0.15) is 0 Å². The zero-order valence-corrected chi connectivity index (χ0v) is 13.1. The maximum atomic E-state index is 14.6. The molecule has 1 saturated carbocycles. The first-order chi connectivity index (χ1) is 9.28. The molecule has 1 aromatic rings. The maximum absolute atomic E-state index is 14.6. The second-order valence-corrected chi connectivity index (χ2v) is 7.84. The average molecular weight is 275 g/mol. The molecule has 110 valence electrons. The maximum Gasteiger partial charge on any atom is 0.122 e. The highest BCUT2D eigenvalue weighted by molar-refractivity contribution is 5.37. The lowest BCUT2D eigenvalue weighted by molar-refractivity contribution is 0.102. The molecule has 0 radical (unpaired) electrons. The van der Waals surface area contributed by atoms with Crippen LogP contribution in [0.4, 0.5) is 4.39 Å². The van der Waals surface area contributed by atoms with E-state index in [9.17, 15) is 4.39 Å². The number of hydrogen-bond acceptors (Lipinski definition) is 1. The summed E-state index contributed by atoms with van der Waals surface area (Å²) in [5.74, 6) is 0.722. The zero-order valence-electron chi connectivity index (χ0n) is 13.1. The summed E-state index contributed by atoms with van der Waals surface area (Å²) in [6.45, 7) is 8.88. The number of rotatable bonds is 2. The summed E-state index contributed by atoms with van der Waals surface area (Å²) in [4.78, 5) is 2.36. The minimum Gasteiger partial charge on any atom is -0.288 e. The molecule has 0 amide bonds. The molecule has 2 atom stereocenters. The van der Waals surface area contributed by atoms with Crippen molar-refractivity contribution in [1.82, 2.24) is 4.90 Å². The van der Waals surface area contributed by atoms with Crippen molar-refractivity contribution in [3.63, 3.8) is 0 Å². The molecular weight excluding hydrogens is 249 g/mol. The van der Waals surface area contributed by atoms with Gasteiger partial charge in [-0.15, -0.1) is 0 Å². The lowest BCUT2D eigenvalue weighted by Gasteiger charge is -2.37. The standard InChI is InChI=1S/C18H26FN/c1-17(2,3)20-12-18(4,19)11-16(20)15-8-6-5-7-14(15)13-9-10-13/h5-8,13,16H,9-12H2,1-4H3. The average Bonchev–Trinajstić information content (AvgIpc) is 3.12. The third-order valence-corrected chi connectivity index (χ3v) is 4.73. The van der Waals surface area contributed by atoms with Gasteiger partial charge in [0.15, 0.2) is 0 Å². The number of nitrogens with zero attached hydrogens (tertiary/aromatic N) is 1. The fraction of sp³-hybridized carbons (Fsp3) is 0.667. The Kier molecular flexibility index (Phi) is 3.20. The first kappa shape index (κ1) is 14.1. The van der Waals surface area contributed by atoms with Crippen LogP contribution in [0.25, 0.3) is 0 Å². The van der Waals surface area contributed by atoms with E-state index in [1.165, 1.54) is 24.0 Å². The fourth-order valence-electron chi connectivity index (χ4n) is 3.61. The van der Waals surface area contributed by atoms with Gasteiger partial charge >= 0.3 is 0 Å². The van der Waals surface area contributed by atoms with Crippen LogP contribution >= 0.6 is 0 Å². The molecule has 0 aromatic heterocycles. The Balaban J connectivity index is 1.99. The molecule has 2 unspecified atom stereocenters. The Bertz CT molecular complexity index is 496.